The van der Waals surface area contributed by atoms with Crippen molar-refractivity contribution in [2.45, 2.75) is 6.42 Å². The minimum absolute atomic E-state index is 0.0203. The zero-order valence-corrected chi connectivity index (χ0v) is 18.2. The first-order valence-corrected chi connectivity index (χ1v) is 9.68. The first kappa shape index (κ1) is 24.3. The molecule has 0 unspecified atom stereocenters. The Kier molecular flexibility index (Phi) is 9.09. The van der Waals surface area contributed by atoms with Gasteiger partial charge in [-0.25, -0.2) is 4.79 Å². The average Bonchev–Trinajstić information content (AvgIpc) is 2.81. The van der Waals surface area contributed by atoms with Gasteiger partial charge < -0.3 is 29.6 Å². The molecule has 2 aromatic rings. The van der Waals surface area contributed by atoms with E-state index in [0.717, 1.165) is 0 Å². The van der Waals surface area contributed by atoms with Crippen molar-refractivity contribution in [3.8, 4) is 17.2 Å². The van der Waals surface area contributed by atoms with Crippen molar-refractivity contribution in [2.24, 2.45) is 5.73 Å². The maximum atomic E-state index is 12.6. The van der Waals surface area contributed by atoms with Gasteiger partial charge in [0, 0.05) is 36.4 Å². The second-order valence-electron chi connectivity index (χ2n) is 6.49. The first-order chi connectivity index (χ1) is 15.4. The fourth-order valence-electron chi connectivity index (χ4n) is 2.83. The Balaban J connectivity index is 2.06. The molecule has 32 heavy (non-hydrogen) atoms. The molecule has 0 fully saturated rings. The number of nitrogens with zero attached hydrogens (tertiary/aromatic N) is 1. The number of hydrogen-bond donors (Lipinski definition) is 1. The molecule has 0 bridgehead atoms. The van der Waals surface area contributed by atoms with Crippen molar-refractivity contribution in [1.29, 1.82) is 0 Å². The van der Waals surface area contributed by atoms with Crippen LogP contribution in [0.1, 0.15) is 12.0 Å². The Hall–Kier alpha value is -4.01. The maximum absolute atomic E-state index is 12.6. The third-order valence-electron chi connectivity index (χ3n) is 4.42. The quantitative estimate of drug-likeness (QED) is 0.419. The molecule has 2 N–H and O–H groups in total. The lowest BCUT2D eigenvalue weighted by Gasteiger charge is -2.22. The highest BCUT2D eigenvalue weighted by molar-refractivity contribution is 5.97. The number of anilines is 1. The molecule has 0 saturated heterocycles. The number of para-hydroxylation sites is 1. The van der Waals surface area contributed by atoms with Crippen molar-refractivity contribution in [2.75, 3.05) is 39.4 Å². The van der Waals surface area contributed by atoms with Gasteiger partial charge in [-0.05, 0) is 24.3 Å². The lowest BCUT2D eigenvalue weighted by atomic mass is 10.1. The third kappa shape index (κ3) is 6.76. The zero-order valence-electron chi connectivity index (χ0n) is 18.2. The van der Waals surface area contributed by atoms with E-state index >= 15 is 0 Å². The number of esters is 1. The van der Waals surface area contributed by atoms with E-state index in [4.69, 9.17) is 24.7 Å². The van der Waals surface area contributed by atoms with Crippen LogP contribution < -0.4 is 24.8 Å². The van der Waals surface area contributed by atoms with E-state index in [-0.39, 0.29) is 13.0 Å². The van der Waals surface area contributed by atoms with E-state index in [9.17, 15) is 14.4 Å². The number of amides is 2. The summed E-state index contributed by atoms with van der Waals surface area (Å²) in [6.07, 6.45) is 2.64. The highest BCUT2D eigenvalue weighted by Gasteiger charge is 2.18. The fourth-order valence-corrected chi connectivity index (χ4v) is 2.83. The molecule has 0 aliphatic carbocycles. The van der Waals surface area contributed by atoms with Gasteiger partial charge in [0.05, 0.1) is 21.3 Å². The van der Waals surface area contributed by atoms with Crippen molar-refractivity contribution in [1.82, 2.24) is 0 Å². The lowest BCUT2D eigenvalue weighted by Crippen LogP contribution is -2.37. The van der Waals surface area contributed by atoms with Crippen LogP contribution in [0.15, 0.2) is 48.5 Å². The van der Waals surface area contributed by atoms with E-state index in [2.05, 4.69) is 0 Å². The van der Waals surface area contributed by atoms with E-state index < -0.39 is 24.4 Å². The van der Waals surface area contributed by atoms with Crippen LogP contribution in [0.2, 0.25) is 0 Å². The Morgan fingerprint density at radius 2 is 1.56 bits per heavy atom. The standard InChI is InChI=1S/C23H26N2O7/c1-29-18-14-20(31-3)19(30-2)13-16(18)9-10-23(28)32-15-22(27)25(12-11-21(24)26)17-7-5-4-6-8-17/h4-10,13-14H,11-12,15H2,1-3H3,(H2,24,26)/b10-9+. The summed E-state index contributed by atoms with van der Waals surface area (Å²) in [6, 6.07) is 12.0. The summed E-state index contributed by atoms with van der Waals surface area (Å²) < 4.78 is 20.9. The van der Waals surface area contributed by atoms with Crippen LogP contribution in [0.5, 0.6) is 17.2 Å². The van der Waals surface area contributed by atoms with Crippen molar-refractivity contribution in [3.63, 3.8) is 0 Å². The first-order valence-electron chi connectivity index (χ1n) is 9.68. The fraction of sp³-hybridized carbons (Fsp3) is 0.261. The molecular weight excluding hydrogens is 416 g/mol. The Bertz CT molecular complexity index is 974. The van der Waals surface area contributed by atoms with E-state index in [1.807, 2.05) is 0 Å². The second-order valence-corrected chi connectivity index (χ2v) is 6.49. The molecule has 9 heteroatoms. The number of benzene rings is 2. The number of carbonyl (C=O) groups is 3. The molecule has 9 nitrogen and oxygen atoms in total. The highest BCUT2D eigenvalue weighted by atomic mass is 16.5. The van der Waals surface area contributed by atoms with Gasteiger partial charge in [-0.15, -0.1) is 0 Å². The molecule has 2 aromatic carbocycles. The molecule has 0 radical (unpaired) electrons. The molecule has 2 amide bonds. The number of ether oxygens (including phenoxy) is 4. The minimum Gasteiger partial charge on any atom is -0.496 e. The Morgan fingerprint density at radius 1 is 0.938 bits per heavy atom. The topological polar surface area (TPSA) is 117 Å². The lowest BCUT2D eigenvalue weighted by molar-refractivity contribution is -0.143. The number of carbonyl (C=O) groups excluding carboxylic acids is 3. The third-order valence-corrected chi connectivity index (χ3v) is 4.42. The van der Waals surface area contributed by atoms with E-state index in [1.54, 1.807) is 42.5 Å². The molecule has 0 heterocycles. The summed E-state index contributed by atoms with van der Waals surface area (Å²) in [5, 5.41) is 0. The summed E-state index contributed by atoms with van der Waals surface area (Å²) in [4.78, 5) is 37.3. The van der Waals surface area contributed by atoms with Crippen LogP contribution in [-0.2, 0) is 19.1 Å². The SMILES string of the molecule is COc1cc(OC)c(OC)cc1/C=C/C(=O)OCC(=O)N(CCC(N)=O)c1ccccc1. The van der Waals surface area contributed by atoms with Crippen molar-refractivity contribution < 1.29 is 33.3 Å². The number of rotatable bonds is 11. The molecule has 0 aliphatic heterocycles. The number of hydrogen-bond acceptors (Lipinski definition) is 7. The molecule has 0 saturated carbocycles. The van der Waals surface area contributed by atoms with Crippen LogP contribution in [0.4, 0.5) is 5.69 Å². The second kappa shape index (κ2) is 12.0. The average molecular weight is 442 g/mol. The molecular formula is C23H26N2O7. The number of primary amides is 1. The maximum Gasteiger partial charge on any atom is 0.331 e. The van der Waals surface area contributed by atoms with Crippen LogP contribution in [0, 0.1) is 0 Å². The van der Waals surface area contributed by atoms with Crippen molar-refractivity contribution in [3.05, 3.63) is 54.1 Å². The van der Waals surface area contributed by atoms with E-state index in [0.29, 0.717) is 28.5 Å². The molecule has 0 atom stereocenters. The van der Waals surface area contributed by atoms with Crippen LogP contribution in [-0.4, -0.2) is 52.3 Å². The van der Waals surface area contributed by atoms with Crippen LogP contribution in [0.3, 0.4) is 0 Å². The normalized spacial score (nSPS) is 10.5. The monoisotopic (exact) mass is 442 g/mol. The van der Waals surface area contributed by atoms with Crippen molar-refractivity contribution >= 4 is 29.5 Å². The van der Waals surface area contributed by atoms with Gasteiger partial charge in [0.1, 0.15) is 5.75 Å². The summed E-state index contributed by atoms with van der Waals surface area (Å²) in [7, 11) is 4.48. The van der Waals surface area contributed by atoms with Gasteiger partial charge in [0.25, 0.3) is 5.91 Å². The molecule has 170 valence electrons. The smallest absolute Gasteiger partial charge is 0.331 e. The van der Waals surface area contributed by atoms with Gasteiger partial charge in [0.2, 0.25) is 5.91 Å². The summed E-state index contributed by atoms with van der Waals surface area (Å²) >= 11 is 0. The van der Waals surface area contributed by atoms with E-state index in [1.165, 1.54) is 38.4 Å². The van der Waals surface area contributed by atoms with Gasteiger partial charge in [-0.2, -0.15) is 0 Å². The molecule has 0 spiro atoms. The predicted molar refractivity (Wildman–Crippen MR) is 119 cm³/mol. The van der Waals surface area contributed by atoms with Gasteiger partial charge >= 0.3 is 5.97 Å². The summed E-state index contributed by atoms with van der Waals surface area (Å²) in [5.74, 6) is -0.343. The Labute approximate surface area is 186 Å². The predicted octanol–water partition coefficient (Wildman–Crippen LogP) is 2.18. The van der Waals surface area contributed by atoms with Gasteiger partial charge in [-0.1, -0.05) is 18.2 Å². The van der Waals surface area contributed by atoms with Gasteiger partial charge in [-0.3, -0.25) is 9.59 Å². The van der Waals surface area contributed by atoms with Crippen LogP contribution in [0.25, 0.3) is 6.08 Å². The molecule has 0 aliphatic rings. The Morgan fingerprint density at radius 3 is 2.16 bits per heavy atom. The van der Waals surface area contributed by atoms with Gasteiger partial charge in [0.15, 0.2) is 18.1 Å². The minimum atomic E-state index is -0.724. The largest absolute Gasteiger partial charge is 0.496 e. The summed E-state index contributed by atoms with van der Waals surface area (Å²) in [6.45, 7) is -0.422. The molecule has 2 rings (SSSR count). The molecule has 0 aromatic heterocycles. The number of nitrogens with two attached hydrogens (primary N) is 1. The number of methoxy groups -OCH3 is 3. The summed E-state index contributed by atoms with van der Waals surface area (Å²) in [5.41, 5.74) is 6.33. The highest BCUT2D eigenvalue weighted by Crippen LogP contribution is 2.35. The van der Waals surface area contributed by atoms with Crippen LogP contribution >= 0.6 is 0 Å². The zero-order chi connectivity index (χ0) is 23.5.